The van der Waals surface area contributed by atoms with Crippen molar-refractivity contribution in [1.29, 1.82) is 5.26 Å². The number of carbonyl (C=O) groups excluding carboxylic acids is 1. The lowest BCUT2D eigenvalue weighted by Gasteiger charge is -2.24. The van der Waals surface area contributed by atoms with Gasteiger partial charge in [0.25, 0.3) is 10.1 Å². The van der Waals surface area contributed by atoms with Crippen molar-refractivity contribution >= 4 is 50.2 Å². The van der Waals surface area contributed by atoms with E-state index in [0.717, 1.165) is 10.7 Å². The lowest BCUT2D eigenvalue weighted by Crippen LogP contribution is -2.25. The fourth-order valence-electron chi connectivity index (χ4n) is 3.74. The van der Waals surface area contributed by atoms with Crippen molar-refractivity contribution < 1.29 is 17.8 Å². The third kappa shape index (κ3) is 7.65. The molecule has 39 heavy (non-hydrogen) atoms. The topological polar surface area (TPSA) is 179 Å². The summed E-state index contributed by atoms with van der Waals surface area (Å²) in [5, 5.41) is 35.5. The Balaban J connectivity index is 2.05. The summed E-state index contributed by atoms with van der Waals surface area (Å²) in [7, 11) is -4.06. The van der Waals surface area contributed by atoms with Gasteiger partial charge in [0.2, 0.25) is 11.0 Å². The molecule has 2 aromatic heterocycles. The highest BCUT2D eigenvalue weighted by Gasteiger charge is 2.29. The van der Waals surface area contributed by atoms with E-state index in [4.69, 9.17) is 4.55 Å². The summed E-state index contributed by atoms with van der Waals surface area (Å²) in [6.45, 7) is 11.8. The number of aryl methyl sites for hydroxylation is 1. The van der Waals surface area contributed by atoms with Gasteiger partial charge >= 0.3 is 0 Å². The third-order valence-electron chi connectivity index (χ3n) is 5.50. The zero-order chi connectivity index (χ0) is 29.0. The van der Waals surface area contributed by atoms with E-state index in [1.807, 2.05) is 39.5 Å². The van der Waals surface area contributed by atoms with Crippen molar-refractivity contribution in [3.05, 3.63) is 34.5 Å². The smallest absolute Gasteiger partial charge is 0.264 e. The predicted molar refractivity (Wildman–Crippen MR) is 149 cm³/mol. The summed E-state index contributed by atoms with van der Waals surface area (Å²) in [4.78, 5) is 13.9. The fraction of sp³-hybridized carbons (Fsp3) is 0.458. The van der Waals surface area contributed by atoms with E-state index in [-0.39, 0.29) is 29.5 Å². The molecule has 3 aromatic rings. The fourth-order valence-corrected chi connectivity index (χ4v) is 4.88. The second-order valence-corrected chi connectivity index (χ2v) is 12.5. The predicted octanol–water partition coefficient (Wildman–Crippen LogP) is 4.68. The van der Waals surface area contributed by atoms with Crippen LogP contribution in [0.5, 0.6) is 0 Å². The number of aromatic nitrogens is 4. The van der Waals surface area contributed by atoms with E-state index < -0.39 is 15.5 Å². The molecule has 1 amide bonds. The number of rotatable bonds is 10. The third-order valence-corrected chi connectivity index (χ3v) is 7.12. The van der Waals surface area contributed by atoms with Crippen LogP contribution in [0.1, 0.15) is 57.3 Å². The summed E-state index contributed by atoms with van der Waals surface area (Å²) < 4.78 is 32.7. The molecule has 0 radical (unpaired) electrons. The van der Waals surface area contributed by atoms with E-state index in [1.54, 1.807) is 18.2 Å². The highest BCUT2D eigenvalue weighted by Crippen LogP contribution is 2.36. The first-order chi connectivity index (χ1) is 18.2. The molecule has 208 valence electrons. The molecule has 0 fully saturated rings. The van der Waals surface area contributed by atoms with Gasteiger partial charge in [0.1, 0.15) is 22.3 Å². The van der Waals surface area contributed by atoms with Gasteiger partial charge < -0.3 is 10.2 Å². The maximum absolute atomic E-state index is 12.0. The first-order valence-corrected chi connectivity index (χ1v) is 14.5. The molecule has 0 atom stereocenters. The molecule has 0 saturated heterocycles. The minimum absolute atomic E-state index is 0.192. The Morgan fingerprint density at radius 2 is 2.00 bits per heavy atom. The molecule has 15 heteroatoms. The summed E-state index contributed by atoms with van der Waals surface area (Å²) in [6.07, 6.45) is 0.228. The van der Waals surface area contributed by atoms with E-state index in [9.17, 15) is 18.5 Å². The average Bonchev–Trinajstić information content (AvgIpc) is 3.43. The molecule has 3 rings (SSSR count). The Bertz CT molecular complexity index is 1530. The summed E-state index contributed by atoms with van der Waals surface area (Å²) in [6, 6.07) is 7.35. The van der Waals surface area contributed by atoms with E-state index >= 15 is 0 Å². The Labute approximate surface area is 231 Å². The SMILES string of the molecule is CCN(CCCS(=O)(=O)O)c1ccc(N=Nc2c(C#N)c(C(C)(C)C)nn2-c2nnc(C)s2)c(NC(C)=O)c1. The molecule has 0 saturated carbocycles. The van der Waals surface area contributed by atoms with Crippen LogP contribution in [-0.4, -0.2) is 57.7 Å². The largest absolute Gasteiger partial charge is 0.372 e. The van der Waals surface area contributed by atoms with Crippen molar-refractivity contribution in [2.24, 2.45) is 10.2 Å². The maximum atomic E-state index is 12.0. The van der Waals surface area contributed by atoms with Gasteiger partial charge in [0.05, 0.1) is 17.1 Å². The Kier molecular flexibility index (Phi) is 9.15. The second-order valence-electron chi connectivity index (χ2n) is 9.73. The van der Waals surface area contributed by atoms with Crippen LogP contribution in [0.2, 0.25) is 0 Å². The van der Waals surface area contributed by atoms with Crippen LogP contribution in [0.15, 0.2) is 28.4 Å². The quantitative estimate of drug-likeness (QED) is 0.257. The molecule has 0 unspecified atom stereocenters. The van der Waals surface area contributed by atoms with Crippen LogP contribution in [0.4, 0.5) is 22.9 Å². The van der Waals surface area contributed by atoms with Crippen LogP contribution in [0.25, 0.3) is 5.13 Å². The number of carbonyl (C=O) groups is 1. The Hall–Kier alpha value is -3.74. The van der Waals surface area contributed by atoms with E-state index in [1.165, 1.54) is 22.9 Å². The van der Waals surface area contributed by atoms with Gasteiger partial charge in [-0.2, -0.15) is 23.5 Å². The number of hydrogen-bond donors (Lipinski definition) is 2. The molecular weight excluding hydrogens is 542 g/mol. The summed E-state index contributed by atoms with van der Waals surface area (Å²) >= 11 is 1.30. The van der Waals surface area contributed by atoms with Crippen LogP contribution in [0.3, 0.4) is 0 Å². The highest BCUT2D eigenvalue weighted by atomic mass is 32.2. The van der Waals surface area contributed by atoms with Gasteiger partial charge in [-0.25, -0.2) is 0 Å². The Morgan fingerprint density at radius 3 is 2.54 bits per heavy atom. The van der Waals surface area contributed by atoms with Gasteiger partial charge in [-0.3, -0.25) is 9.35 Å². The molecule has 2 heterocycles. The number of azo groups is 1. The normalized spacial score (nSPS) is 12.1. The van der Waals surface area contributed by atoms with Crippen LogP contribution in [0, 0.1) is 18.3 Å². The van der Waals surface area contributed by atoms with Gasteiger partial charge in [-0.1, -0.05) is 32.1 Å². The van der Waals surface area contributed by atoms with Crippen LogP contribution < -0.4 is 10.2 Å². The number of anilines is 2. The van der Waals surface area contributed by atoms with Crippen molar-refractivity contribution in [2.45, 2.75) is 53.4 Å². The van der Waals surface area contributed by atoms with E-state index in [2.05, 4.69) is 36.9 Å². The molecule has 13 nitrogen and oxygen atoms in total. The second kappa shape index (κ2) is 12.0. The zero-order valence-electron chi connectivity index (χ0n) is 22.6. The summed E-state index contributed by atoms with van der Waals surface area (Å²) in [5.74, 6) is -0.481. The first kappa shape index (κ1) is 29.8. The van der Waals surface area contributed by atoms with Gasteiger partial charge in [0, 0.05) is 31.1 Å². The number of nitrogens with zero attached hydrogens (tertiary/aromatic N) is 8. The average molecular weight is 574 g/mol. The van der Waals surface area contributed by atoms with Gasteiger partial charge in [0.15, 0.2) is 5.82 Å². The number of hydrogen-bond acceptors (Lipinski definition) is 11. The lowest BCUT2D eigenvalue weighted by molar-refractivity contribution is -0.114. The molecule has 0 aliphatic carbocycles. The van der Waals surface area contributed by atoms with Crippen molar-refractivity contribution in [2.75, 3.05) is 29.1 Å². The first-order valence-electron chi connectivity index (χ1n) is 12.1. The minimum Gasteiger partial charge on any atom is -0.372 e. The number of nitriles is 1. The maximum Gasteiger partial charge on any atom is 0.264 e. The number of benzene rings is 1. The molecule has 0 spiro atoms. The van der Waals surface area contributed by atoms with Crippen LogP contribution >= 0.6 is 11.3 Å². The standard InChI is InChI=1S/C24H31N9O4S2/c1-7-32(11-8-12-39(35,36)37)17-9-10-19(20(13-17)26-15(2)34)28-29-22-18(14-25)21(24(4,5)6)31-33(22)23-30-27-16(3)38-23/h9-10,13H,7-8,11-12H2,1-6H3,(H,26,34)(H,35,36,37). The van der Waals surface area contributed by atoms with Crippen LogP contribution in [-0.2, 0) is 20.3 Å². The van der Waals surface area contributed by atoms with Crippen molar-refractivity contribution in [3.63, 3.8) is 0 Å². The number of nitrogens with one attached hydrogen (secondary N) is 1. The molecule has 0 aliphatic rings. The van der Waals surface area contributed by atoms with Gasteiger partial charge in [-0.15, -0.1) is 20.4 Å². The molecule has 0 aliphatic heterocycles. The molecule has 1 aromatic carbocycles. The molecular formula is C24H31N9O4S2. The van der Waals surface area contributed by atoms with Crippen molar-refractivity contribution in [3.8, 4) is 11.2 Å². The number of amides is 1. The molecule has 2 N–H and O–H groups in total. The van der Waals surface area contributed by atoms with Gasteiger partial charge in [-0.05, 0) is 38.5 Å². The van der Waals surface area contributed by atoms with E-state index in [0.29, 0.717) is 35.3 Å². The highest BCUT2D eigenvalue weighted by molar-refractivity contribution is 7.85. The summed E-state index contributed by atoms with van der Waals surface area (Å²) in [5.41, 5.74) is 1.77. The Morgan fingerprint density at radius 1 is 1.28 bits per heavy atom. The monoisotopic (exact) mass is 573 g/mol. The zero-order valence-corrected chi connectivity index (χ0v) is 24.3. The van der Waals surface area contributed by atoms with Crippen molar-refractivity contribution in [1.82, 2.24) is 20.0 Å². The molecule has 0 bridgehead atoms. The lowest BCUT2D eigenvalue weighted by atomic mass is 9.90. The minimum atomic E-state index is -4.06.